The molecule has 1 rings (SSSR count). The van der Waals surface area contributed by atoms with Gasteiger partial charge in [-0.2, -0.15) is 0 Å². The molecule has 0 spiro atoms. The third kappa shape index (κ3) is 2.93. The number of phenols is 1. The Labute approximate surface area is 88.1 Å². The number of aromatic hydroxyl groups is 1. The Bertz CT molecular complexity index is 255. The van der Waals surface area contributed by atoms with Crippen LogP contribution in [0, 0.1) is 0 Å². The van der Waals surface area contributed by atoms with Crippen molar-refractivity contribution in [3.8, 4) is 5.75 Å². The summed E-state index contributed by atoms with van der Waals surface area (Å²) in [6.45, 7) is 0. The van der Waals surface area contributed by atoms with E-state index >= 15 is 0 Å². The molecule has 1 aromatic rings. The number of para-hydroxylation sites is 1. The smallest absolute Gasteiger partial charge is 1.00 e. The molecule has 1 aromatic carbocycles. The number of nitrogens with zero attached hydrogens (tertiary/aromatic N) is 1. The zero-order chi connectivity index (χ0) is 7.40. The molecule has 2 N–H and O–H groups in total. The van der Waals surface area contributed by atoms with Crippen LogP contribution in [0.4, 0.5) is 0 Å². The standard InChI is InChI=1S/C7H7NO2.Na.H/c9-7-4-2-1-3-6(7)5-8-10;;/h1-5,9-10H;;/q;+1;-1. The summed E-state index contributed by atoms with van der Waals surface area (Å²) < 4.78 is 0. The van der Waals surface area contributed by atoms with Gasteiger partial charge >= 0.3 is 29.6 Å². The molecule has 0 atom stereocenters. The Morgan fingerprint density at radius 1 is 1.36 bits per heavy atom. The van der Waals surface area contributed by atoms with E-state index in [4.69, 9.17) is 10.3 Å². The third-order valence-electron chi connectivity index (χ3n) is 1.13. The Morgan fingerprint density at radius 2 is 2.00 bits per heavy atom. The van der Waals surface area contributed by atoms with E-state index in [9.17, 15) is 0 Å². The fourth-order valence-corrected chi connectivity index (χ4v) is 0.659. The van der Waals surface area contributed by atoms with Crippen LogP contribution in [0.5, 0.6) is 5.75 Å². The predicted molar refractivity (Wildman–Crippen MR) is 38.6 cm³/mol. The Kier molecular flexibility index (Phi) is 4.94. The van der Waals surface area contributed by atoms with Gasteiger partial charge in [0.05, 0.1) is 6.21 Å². The third-order valence-corrected chi connectivity index (χ3v) is 1.13. The Hall–Kier alpha value is -0.510. The molecule has 0 aliphatic heterocycles. The fourth-order valence-electron chi connectivity index (χ4n) is 0.659. The second-order valence-electron chi connectivity index (χ2n) is 1.80. The quantitative estimate of drug-likeness (QED) is 0.224. The van der Waals surface area contributed by atoms with Gasteiger partial charge in [-0.1, -0.05) is 17.3 Å². The number of hydrogen-bond acceptors (Lipinski definition) is 3. The summed E-state index contributed by atoms with van der Waals surface area (Å²) in [4.78, 5) is 0. The first-order valence-electron chi connectivity index (χ1n) is 2.80. The van der Waals surface area contributed by atoms with Crippen molar-refractivity contribution in [1.82, 2.24) is 0 Å². The second-order valence-corrected chi connectivity index (χ2v) is 1.80. The van der Waals surface area contributed by atoms with Crippen molar-refractivity contribution in [1.29, 1.82) is 0 Å². The van der Waals surface area contributed by atoms with Crippen LogP contribution >= 0.6 is 0 Å². The summed E-state index contributed by atoms with van der Waals surface area (Å²) in [7, 11) is 0. The molecule has 11 heavy (non-hydrogen) atoms. The number of benzene rings is 1. The molecule has 0 amide bonds. The van der Waals surface area contributed by atoms with Crippen molar-refractivity contribution in [3.05, 3.63) is 29.8 Å². The number of hydrogen-bond donors (Lipinski definition) is 2. The molecule has 0 heterocycles. The van der Waals surface area contributed by atoms with Gasteiger partial charge in [-0.05, 0) is 12.1 Å². The molecule has 0 aromatic heterocycles. The normalized spacial score (nSPS) is 9.45. The minimum absolute atomic E-state index is 0. The average Bonchev–Trinajstić information content (AvgIpc) is 1.94. The molecule has 0 radical (unpaired) electrons. The van der Waals surface area contributed by atoms with Gasteiger partial charge in [-0.3, -0.25) is 0 Å². The molecule has 4 heteroatoms. The first-order valence-corrected chi connectivity index (χ1v) is 2.80. The second kappa shape index (κ2) is 5.18. The van der Waals surface area contributed by atoms with Gasteiger partial charge in [0.1, 0.15) is 5.75 Å². The number of oxime groups is 1. The molecule has 0 unspecified atom stereocenters. The van der Waals surface area contributed by atoms with Crippen LogP contribution in [0.15, 0.2) is 29.4 Å². The fraction of sp³-hybridized carbons (Fsp3) is 0. The molecule has 0 aliphatic carbocycles. The molecule has 3 nitrogen and oxygen atoms in total. The minimum atomic E-state index is 0. The van der Waals surface area contributed by atoms with Crippen LogP contribution in [-0.4, -0.2) is 16.5 Å². The molecule has 0 fully saturated rings. The van der Waals surface area contributed by atoms with Gasteiger partial charge in [0.2, 0.25) is 0 Å². The zero-order valence-electron chi connectivity index (χ0n) is 7.23. The summed E-state index contributed by atoms with van der Waals surface area (Å²) in [5.74, 6) is 0.111. The SMILES string of the molecule is ON=Cc1ccccc1O.[H-].[Na+]. The van der Waals surface area contributed by atoms with Crippen molar-refractivity contribution >= 4 is 6.21 Å². The van der Waals surface area contributed by atoms with E-state index < -0.39 is 0 Å². The van der Waals surface area contributed by atoms with E-state index in [1.807, 2.05) is 0 Å². The van der Waals surface area contributed by atoms with E-state index in [0.29, 0.717) is 5.56 Å². The number of phenolic OH excluding ortho intramolecular Hbond substituents is 1. The van der Waals surface area contributed by atoms with E-state index in [1.165, 1.54) is 12.3 Å². The molecular formula is C7H8NNaO2. The maximum Gasteiger partial charge on any atom is 1.00 e. The van der Waals surface area contributed by atoms with Gasteiger partial charge < -0.3 is 11.7 Å². The Balaban J connectivity index is 0. The van der Waals surface area contributed by atoms with E-state index in [1.54, 1.807) is 18.2 Å². The molecular weight excluding hydrogens is 153 g/mol. The zero-order valence-corrected chi connectivity index (χ0v) is 8.23. The monoisotopic (exact) mass is 161 g/mol. The van der Waals surface area contributed by atoms with E-state index in [2.05, 4.69) is 5.16 Å². The van der Waals surface area contributed by atoms with Crippen LogP contribution in [0.2, 0.25) is 0 Å². The minimum Gasteiger partial charge on any atom is -1.00 e. The Morgan fingerprint density at radius 3 is 2.55 bits per heavy atom. The summed E-state index contributed by atoms with van der Waals surface area (Å²) in [5, 5.41) is 19.9. The van der Waals surface area contributed by atoms with Gasteiger partial charge in [-0.25, -0.2) is 0 Å². The number of rotatable bonds is 1. The maximum absolute atomic E-state index is 9.04. The molecule has 54 valence electrons. The van der Waals surface area contributed by atoms with E-state index in [-0.39, 0.29) is 36.7 Å². The van der Waals surface area contributed by atoms with Crippen molar-refractivity contribution in [2.24, 2.45) is 5.16 Å². The molecule has 0 aliphatic rings. The van der Waals surface area contributed by atoms with Crippen molar-refractivity contribution in [2.45, 2.75) is 0 Å². The topological polar surface area (TPSA) is 52.8 Å². The van der Waals surface area contributed by atoms with Crippen LogP contribution < -0.4 is 29.6 Å². The molecule has 0 bridgehead atoms. The van der Waals surface area contributed by atoms with Crippen LogP contribution in [0.25, 0.3) is 0 Å². The maximum atomic E-state index is 9.04. The van der Waals surface area contributed by atoms with Crippen molar-refractivity contribution in [3.63, 3.8) is 0 Å². The molecule has 0 saturated heterocycles. The van der Waals surface area contributed by atoms with Gasteiger partial charge in [-0.15, -0.1) is 0 Å². The summed E-state index contributed by atoms with van der Waals surface area (Å²) in [6, 6.07) is 6.62. The first kappa shape index (κ1) is 10.5. The summed E-state index contributed by atoms with van der Waals surface area (Å²) in [5.41, 5.74) is 0.505. The first-order chi connectivity index (χ1) is 4.84. The van der Waals surface area contributed by atoms with Crippen LogP contribution in [-0.2, 0) is 0 Å². The largest absolute Gasteiger partial charge is 1.00 e. The summed E-state index contributed by atoms with van der Waals surface area (Å²) >= 11 is 0. The average molecular weight is 161 g/mol. The van der Waals surface area contributed by atoms with Crippen molar-refractivity contribution in [2.75, 3.05) is 0 Å². The van der Waals surface area contributed by atoms with Gasteiger partial charge in [0, 0.05) is 5.56 Å². The van der Waals surface area contributed by atoms with Crippen LogP contribution in [0.3, 0.4) is 0 Å². The van der Waals surface area contributed by atoms with Gasteiger partial charge in [0.15, 0.2) is 0 Å². The van der Waals surface area contributed by atoms with E-state index in [0.717, 1.165) is 0 Å². The van der Waals surface area contributed by atoms with Gasteiger partial charge in [0.25, 0.3) is 0 Å². The van der Waals surface area contributed by atoms with Crippen molar-refractivity contribution < 1.29 is 41.3 Å². The molecule has 0 saturated carbocycles. The summed E-state index contributed by atoms with van der Waals surface area (Å²) in [6.07, 6.45) is 1.18. The van der Waals surface area contributed by atoms with Crippen LogP contribution in [0.1, 0.15) is 6.99 Å². The predicted octanol–water partition coefficient (Wildman–Crippen LogP) is -1.68.